The van der Waals surface area contributed by atoms with Crippen molar-refractivity contribution in [1.29, 1.82) is 0 Å². The lowest BCUT2D eigenvalue weighted by Gasteiger charge is -2.07. The van der Waals surface area contributed by atoms with Crippen LogP contribution in [0.5, 0.6) is 0 Å². The fraction of sp³-hybridized carbons (Fsp3) is 0.714. The molecule has 5 heteroatoms. The molecule has 1 heterocycles. The monoisotopic (exact) mass is 186 g/mol. The molecular formula is C7H14N4S. The standard InChI is InChI=1S/C7H14N4S/c1-3-6-10-7(12-11-6)9-5(2)4-8/h5H,3-4,8H2,1-2H3,(H,9,10,11). The first-order valence-electron chi connectivity index (χ1n) is 4.05. The summed E-state index contributed by atoms with van der Waals surface area (Å²) >= 11 is 1.39. The van der Waals surface area contributed by atoms with Gasteiger partial charge in [0, 0.05) is 30.5 Å². The summed E-state index contributed by atoms with van der Waals surface area (Å²) in [4.78, 5) is 4.26. The van der Waals surface area contributed by atoms with E-state index in [9.17, 15) is 0 Å². The van der Waals surface area contributed by atoms with Crippen LogP contribution >= 0.6 is 11.5 Å². The van der Waals surface area contributed by atoms with E-state index in [1.807, 2.05) is 13.8 Å². The normalized spacial score (nSPS) is 12.9. The van der Waals surface area contributed by atoms with Crippen LogP contribution in [-0.2, 0) is 6.42 Å². The van der Waals surface area contributed by atoms with Crippen LogP contribution in [-0.4, -0.2) is 21.9 Å². The average molecular weight is 186 g/mol. The predicted octanol–water partition coefficient (Wildman–Crippen LogP) is 0.860. The largest absolute Gasteiger partial charge is 0.357 e. The van der Waals surface area contributed by atoms with Crippen molar-refractivity contribution in [2.24, 2.45) is 5.73 Å². The Morgan fingerprint density at radius 1 is 1.67 bits per heavy atom. The van der Waals surface area contributed by atoms with Gasteiger partial charge in [0.25, 0.3) is 0 Å². The third-order valence-electron chi connectivity index (χ3n) is 1.51. The van der Waals surface area contributed by atoms with E-state index in [1.54, 1.807) is 0 Å². The molecule has 4 nitrogen and oxygen atoms in total. The molecule has 1 aromatic rings. The van der Waals surface area contributed by atoms with Gasteiger partial charge in [-0.25, -0.2) is 4.98 Å². The van der Waals surface area contributed by atoms with Gasteiger partial charge in [-0.1, -0.05) is 6.92 Å². The molecule has 0 saturated heterocycles. The minimum atomic E-state index is 0.266. The van der Waals surface area contributed by atoms with Crippen molar-refractivity contribution >= 4 is 16.7 Å². The fourth-order valence-corrected chi connectivity index (χ4v) is 1.49. The highest BCUT2D eigenvalue weighted by atomic mass is 32.1. The molecule has 1 aromatic heterocycles. The molecule has 0 saturated carbocycles. The van der Waals surface area contributed by atoms with Crippen LogP contribution in [0.1, 0.15) is 19.7 Å². The molecule has 0 amide bonds. The van der Waals surface area contributed by atoms with Crippen molar-refractivity contribution in [2.75, 3.05) is 11.9 Å². The van der Waals surface area contributed by atoms with Crippen LogP contribution in [0.15, 0.2) is 0 Å². The van der Waals surface area contributed by atoms with Crippen molar-refractivity contribution in [3.63, 3.8) is 0 Å². The first-order chi connectivity index (χ1) is 5.76. The second-order valence-electron chi connectivity index (χ2n) is 2.65. The summed E-state index contributed by atoms with van der Waals surface area (Å²) in [5.41, 5.74) is 5.45. The first kappa shape index (κ1) is 9.41. The Morgan fingerprint density at radius 3 is 2.92 bits per heavy atom. The fourth-order valence-electron chi connectivity index (χ4n) is 0.726. The quantitative estimate of drug-likeness (QED) is 0.732. The lowest BCUT2D eigenvalue weighted by molar-refractivity contribution is 0.800. The van der Waals surface area contributed by atoms with Crippen molar-refractivity contribution in [1.82, 2.24) is 9.36 Å². The Hall–Kier alpha value is -0.680. The molecule has 0 aromatic carbocycles. The van der Waals surface area contributed by atoms with Crippen LogP contribution in [0.4, 0.5) is 5.13 Å². The maximum absolute atomic E-state index is 5.45. The van der Waals surface area contributed by atoms with E-state index in [2.05, 4.69) is 14.7 Å². The second kappa shape index (κ2) is 4.37. The first-order valence-corrected chi connectivity index (χ1v) is 4.82. The zero-order valence-corrected chi connectivity index (χ0v) is 8.19. The Balaban J connectivity index is 2.52. The van der Waals surface area contributed by atoms with Crippen molar-refractivity contribution < 1.29 is 0 Å². The summed E-state index contributed by atoms with van der Waals surface area (Å²) in [5, 5.41) is 4.03. The molecular weight excluding hydrogens is 172 g/mol. The van der Waals surface area contributed by atoms with E-state index in [0.717, 1.165) is 17.4 Å². The summed E-state index contributed by atoms with van der Waals surface area (Å²) in [5.74, 6) is 0.895. The summed E-state index contributed by atoms with van der Waals surface area (Å²) in [7, 11) is 0. The SMILES string of the molecule is CCc1nsc(NC(C)CN)n1. The van der Waals surface area contributed by atoms with Gasteiger partial charge in [-0.2, -0.15) is 4.37 Å². The van der Waals surface area contributed by atoms with Gasteiger partial charge in [0.05, 0.1) is 0 Å². The molecule has 1 atom stereocenters. The average Bonchev–Trinajstić information content (AvgIpc) is 2.52. The van der Waals surface area contributed by atoms with Crippen molar-refractivity contribution in [3.05, 3.63) is 5.82 Å². The van der Waals surface area contributed by atoms with Crippen LogP contribution in [0.2, 0.25) is 0 Å². The molecule has 0 radical (unpaired) electrons. The number of nitrogens with one attached hydrogen (secondary N) is 1. The van der Waals surface area contributed by atoms with Gasteiger partial charge in [0.1, 0.15) is 5.82 Å². The van der Waals surface area contributed by atoms with Gasteiger partial charge in [-0.3, -0.25) is 0 Å². The summed E-state index contributed by atoms with van der Waals surface area (Å²) in [6.07, 6.45) is 0.884. The molecule has 1 unspecified atom stereocenters. The van der Waals surface area contributed by atoms with Crippen LogP contribution < -0.4 is 11.1 Å². The third kappa shape index (κ3) is 2.42. The second-order valence-corrected chi connectivity index (χ2v) is 3.40. The highest BCUT2D eigenvalue weighted by Crippen LogP contribution is 2.11. The zero-order valence-electron chi connectivity index (χ0n) is 7.37. The van der Waals surface area contributed by atoms with E-state index >= 15 is 0 Å². The smallest absolute Gasteiger partial charge is 0.202 e. The lowest BCUT2D eigenvalue weighted by Crippen LogP contribution is -2.24. The Labute approximate surface area is 76.4 Å². The van der Waals surface area contributed by atoms with Gasteiger partial charge >= 0.3 is 0 Å². The van der Waals surface area contributed by atoms with E-state index < -0.39 is 0 Å². The topological polar surface area (TPSA) is 63.8 Å². The van der Waals surface area contributed by atoms with Crippen LogP contribution in [0, 0.1) is 0 Å². The van der Waals surface area contributed by atoms with E-state index in [-0.39, 0.29) is 6.04 Å². The molecule has 3 N–H and O–H groups in total. The summed E-state index contributed by atoms with van der Waals surface area (Å²) in [6.45, 7) is 4.67. The maximum Gasteiger partial charge on any atom is 0.202 e. The van der Waals surface area contributed by atoms with Gasteiger partial charge in [0.2, 0.25) is 5.13 Å². The molecule has 0 aliphatic heterocycles. The number of nitrogens with two attached hydrogens (primary N) is 1. The highest BCUT2D eigenvalue weighted by molar-refractivity contribution is 7.09. The Morgan fingerprint density at radius 2 is 2.42 bits per heavy atom. The van der Waals surface area contributed by atoms with Crippen LogP contribution in [0.25, 0.3) is 0 Å². The lowest BCUT2D eigenvalue weighted by atomic mass is 10.3. The number of nitrogens with zero attached hydrogens (tertiary/aromatic N) is 2. The zero-order chi connectivity index (χ0) is 8.97. The number of anilines is 1. The number of hydrogen-bond donors (Lipinski definition) is 2. The Bertz CT molecular complexity index is 235. The molecule has 0 aliphatic rings. The highest BCUT2D eigenvalue weighted by Gasteiger charge is 2.04. The summed E-state index contributed by atoms with van der Waals surface area (Å²) < 4.78 is 4.15. The van der Waals surface area contributed by atoms with Crippen molar-refractivity contribution in [2.45, 2.75) is 26.3 Å². The Kier molecular flexibility index (Phi) is 3.43. The molecule has 0 fully saturated rings. The van der Waals surface area contributed by atoms with Gasteiger partial charge < -0.3 is 11.1 Å². The minimum absolute atomic E-state index is 0.266. The van der Waals surface area contributed by atoms with E-state index in [0.29, 0.717) is 6.54 Å². The minimum Gasteiger partial charge on any atom is -0.357 e. The van der Waals surface area contributed by atoms with E-state index in [1.165, 1.54) is 11.5 Å². The molecule has 68 valence electrons. The molecule has 12 heavy (non-hydrogen) atoms. The van der Waals surface area contributed by atoms with Crippen molar-refractivity contribution in [3.8, 4) is 0 Å². The van der Waals surface area contributed by atoms with Gasteiger partial charge in [0.15, 0.2) is 0 Å². The number of hydrogen-bond acceptors (Lipinski definition) is 5. The summed E-state index contributed by atoms with van der Waals surface area (Å²) in [6, 6.07) is 0.266. The third-order valence-corrected chi connectivity index (χ3v) is 2.19. The number of aryl methyl sites for hydroxylation is 1. The van der Waals surface area contributed by atoms with Crippen LogP contribution in [0.3, 0.4) is 0 Å². The molecule has 0 spiro atoms. The molecule has 0 aliphatic carbocycles. The molecule has 1 rings (SSSR count). The maximum atomic E-state index is 5.45. The molecule has 0 bridgehead atoms. The predicted molar refractivity (Wildman–Crippen MR) is 51.4 cm³/mol. The van der Waals surface area contributed by atoms with Gasteiger partial charge in [-0.05, 0) is 6.92 Å². The number of rotatable bonds is 4. The van der Waals surface area contributed by atoms with Gasteiger partial charge in [-0.15, -0.1) is 0 Å². The number of aromatic nitrogens is 2. The van der Waals surface area contributed by atoms with E-state index in [4.69, 9.17) is 5.73 Å².